The second-order valence-electron chi connectivity index (χ2n) is 12.3. The first-order valence-electron chi connectivity index (χ1n) is 17.1. The van der Waals surface area contributed by atoms with E-state index in [0.29, 0.717) is 66.9 Å². The Hall–Kier alpha value is -6.60. The van der Waals surface area contributed by atoms with Crippen LogP contribution in [0.25, 0.3) is 21.8 Å². The van der Waals surface area contributed by atoms with Gasteiger partial charge in [0.25, 0.3) is 11.8 Å². The van der Waals surface area contributed by atoms with Gasteiger partial charge in [-0.25, -0.2) is 0 Å². The van der Waals surface area contributed by atoms with Gasteiger partial charge in [0.1, 0.15) is 24.7 Å². The molecule has 0 fully saturated rings. The number of benzene rings is 4. The van der Waals surface area contributed by atoms with E-state index in [1.165, 1.54) is 23.4 Å². The number of nitrogens with zero attached hydrogens (tertiary/aromatic N) is 2. The summed E-state index contributed by atoms with van der Waals surface area (Å²) in [6.07, 6.45) is -0.365. The molecule has 0 unspecified atom stereocenters. The number of carboxylic acids is 2. The first kappa shape index (κ1) is 43.1. The van der Waals surface area contributed by atoms with Crippen molar-refractivity contribution in [2.45, 2.75) is 26.7 Å². The summed E-state index contributed by atoms with van der Waals surface area (Å²) in [4.78, 5) is 71.3. The van der Waals surface area contributed by atoms with Gasteiger partial charge in [-0.1, -0.05) is 36.4 Å². The predicted octanol–water partition coefficient (Wildman–Crippen LogP) is 2.96. The van der Waals surface area contributed by atoms with Gasteiger partial charge < -0.3 is 38.7 Å². The number of hydrogen-bond acceptors (Lipinski definition) is 12. The maximum absolute atomic E-state index is 13.1. The van der Waals surface area contributed by atoms with Crippen molar-refractivity contribution in [2.75, 3.05) is 27.4 Å². The average Bonchev–Trinajstić information content (AvgIpc) is 3.63. The van der Waals surface area contributed by atoms with E-state index < -0.39 is 37.1 Å². The Morgan fingerprint density at radius 2 is 0.895 bits per heavy atom. The summed E-state index contributed by atoms with van der Waals surface area (Å²) in [5.41, 5.74) is 4.53. The van der Waals surface area contributed by atoms with E-state index in [2.05, 4.69) is 0 Å². The zero-order valence-corrected chi connectivity index (χ0v) is 33.0. The SMILES string of the molecule is COc1ccc2c(c1)c(CC(=O)OCC(=O)[O-])c(C)n2C(=O)c1ccccc1.COc1ccc2c(c1)c(CC(=O)OCC(=O)[O-])c(C)n2C(=O)c1ccccc1.[Ru+2]. The number of aromatic nitrogens is 2. The quantitative estimate of drug-likeness (QED) is 0.129. The molecule has 0 spiro atoms. The van der Waals surface area contributed by atoms with Crippen molar-refractivity contribution in [2.24, 2.45) is 0 Å². The Bertz CT molecular complexity index is 2280. The zero-order chi connectivity index (χ0) is 40.5. The molecule has 2 aromatic heterocycles. The van der Waals surface area contributed by atoms with Crippen molar-refractivity contribution in [3.63, 3.8) is 0 Å². The van der Waals surface area contributed by atoms with E-state index >= 15 is 0 Å². The topological polar surface area (TPSA) is 195 Å². The van der Waals surface area contributed by atoms with Gasteiger partial charge >= 0.3 is 31.4 Å². The van der Waals surface area contributed by atoms with E-state index in [0.717, 1.165) is 0 Å². The fraction of sp³-hybridized carbons (Fsp3) is 0.190. The van der Waals surface area contributed by atoms with Crippen LogP contribution in [-0.4, -0.2) is 72.3 Å². The number of carbonyl (C=O) groups excluding carboxylic acids is 6. The number of carboxylic acid groups (broad SMARTS) is 2. The van der Waals surface area contributed by atoms with Crippen molar-refractivity contribution in [3.8, 4) is 11.5 Å². The van der Waals surface area contributed by atoms with Crippen LogP contribution in [0.4, 0.5) is 0 Å². The van der Waals surface area contributed by atoms with E-state index in [-0.39, 0.29) is 44.1 Å². The molecule has 294 valence electrons. The molecule has 0 N–H and O–H groups in total. The maximum Gasteiger partial charge on any atom is 2.00 e. The second kappa shape index (κ2) is 19.3. The summed E-state index contributed by atoms with van der Waals surface area (Å²) < 4.78 is 23.0. The van der Waals surface area contributed by atoms with Crippen molar-refractivity contribution in [3.05, 3.63) is 131 Å². The summed E-state index contributed by atoms with van der Waals surface area (Å²) >= 11 is 0. The van der Waals surface area contributed by atoms with Crippen molar-refractivity contribution in [1.29, 1.82) is 0 Å². The Balaban J connectivity index is 0.000000248. The van der Waals surface area contributed by atoms with Gasteiger partial charge in [0.15, 0.2) is 0 Å². The van der Waals surface area contributed by atoms with Gasteiger partial charge in [0, 0.05) is 33.3 Å². The van der Waals surface area contributed by atoms with Crippen LogP contribution in [-0.2, 0) is 61.0 Å². The fourth-order valence-corrected chi connectivity index (χ4v) is 6.24. The molecule has 6 aromatic rings. The van der Waals surface area contributed by atoms with Crippen LogP contribution in [0.5, 0.6) is 11.5 Å². The molecule has 2 heterocycles. The minimum atomic E-state index is -1.48. The van der Waals surface area contributed by atoms with Gasteiger partial charge in [-0.2, -0.15) is 0 Å². The molecule has 0 aliphatic carbocycles. The molecule has 0 amide bonds. The molecule has 0 saturated heterocycles. The smallest absolute Gasteiger partial charge is 0.546 e. The molecule has 6 rings (SSSR count). The van der Waals surface area contributed by atoms with E-state index in [1.54, 1.807) is 98.8 Å². The Morgan fingerprint density at radius 3 is 1.21 bits per heavy atom. The molecule has 0 aliphatic heterocycles. The van der Waals surface area contributed by atoms with Crippen LogP contribution < -0.4 is 19.7 Å². The first-order chi connectivity index (χ1) is 26.8. The molecule has 0 atom stereocenters. The number of fused-ring (bicyclic) bond motifs is 2. The number of esters is 2. The molecular formula is C42H36N2O12Ru. The summed E-state index contributed by atoms with van der Waals surface area (Å²) in [5.74, 6) is -3.72. The summed E-state index contributed by atoms with van der Waals surface area (Å²) in [5, 5.41) is 22.3. The molecule has 57 heavy (non-hydrogen) atoms. The summed E-state index contributed by atoms with van der Waals surface area (Å²) in [7, 11) is 3.04. The minimum absolute atomic E-state index is 0. The molecule has 4 aromatic carbocycles. The first-order valence-corrected chi connectivity index (χ1v) is 17.1. The Kier molecular flexibility index (Phi) is 14.6. The molecular weight excluding hydrogens is 826 g/mol. The summed E-state index contributed by atoms with van der Waals surface area (Å²) in [6, 6.07) is 28.0. The zero-order valence-electron chi connectivity index (χ0n) is 31.2. The fourth-order valence-electron chi connectivity index (χ4n) is 6.24. The van der Waals surface area contributed by atoms with Crippen LogP contribution in [0, 0.1) is 13.8 Å². The van der Waals surface area contributed by atoms with Gasteiger partial charge in [0.05, 0.1) is 50.0 Å². The van der Waals surface area contributed by atoms with Gasteiger partial charge in [0.2, 0.25) is 0 Å². The van der Waals surface area contributed by atoms with Crippen LogP contribution in [0.2, 0.25) is 0 Å². The Morgan fingerprint density at radius 1 is 0.544 bits per heavy atom. The van der Waals surface area contributed by atoms with E-state index in [1.807, 2.05) is 12.1 Å². The number of rotatable bonds is 12. The van der Waals surface area contributed by atoms with Crippen LogP contribution >= 0.6 is 0 Å². The third-order valence-corrected chi connectivity index (χ3v) is 8.88. The normalized spacial score (nSPS) is 10.5. The van der Waals surface area contributed by atoms with Crippen molar-refractivity contribution >= 4 is 57.5 Å². The number of carbonyl (C=O) groups is 6. The molecule has 15 heteroatoms. The van der Waals surface area contributed by atoms with Gasteiger partial charge in [-0.05, 0) is 85.6 Å². The second-order valence-corrected chi connectivity index (χ2v) is 12.3. The molecule has 14 nitrogen and oxygen atoms in total. The van der Waals surface area contributed by atoms with E-state index in [9.17, 15) is 39.0 Å². The number of aliphatic carboxylic acids is 2. The van der Waals surface area contributed by atoms with Crippen LogP contribution in [0.15, 0.2) is 97.1 Å². The van der Waals surface area contributed by atoms with Gasteiger partial charge in [-0.15, -0.1) is 0 Å². The minimum Gasteiger partial charge on any atom is -0.546 e. The van der Waals surface area contributed by atoms with Gasteiger partial charge in [-0.3, -0.25) is 28.3 Å². The largest absolute Gasteiger partial charge is 2.00 e. The monoisotopic (exact) mass is 862 g/mol. The van der Waals surface area contributed by atoms with Crippen LogP contribution in [0.3, 0.4) is 0 Å². The summed E-state index contributed by atoms with van der Waals surface area (Å²) in [6.45, 7) is 1.83. The predicted molar refractivity (Wildman–Crippen MR) is 198 cm³/mol. The third-order valence-electron chi connectivity index (χ3n) is 8.88. The molecule has 0 radical (unpaired) electrons. The number of hydrogen-bond donors (Lipinski definition) is 0. The Labute approximate surface area is 339 Å². The maximum atomic E-state index is 13.1. The molecule has 0 aliphatic rings. The van der Waals surface area contributed by atoms with Crippen molar-refractivity contribution < 1.29 is 77.4 Å². The third kappa shape index (κ3) is 9.99. The standard InChI is InChI=1S/2C21H19NO6.Ru/c2*1-13-16(11-20(25)28-12-19(23)24)17-10-15(27-2)8-9-18(17)22(13)21(26)14-6-4-3-5-7-14;/h2*3-10H,11-12H2,1-2H3,(H,23,24);/q;;+2/p-2. The average molecular weight is 862 g/mol. The van der Waals surface area contributed by atoms with Crippen LogP contribution in [0.1, 0.15) is 43.2 Å². The molecule has 0 bridgehead atoms. The number of ether oxygens (including phenoxy) is 4. The number of methoxy groups -OCH3 is 2. The van der Waals surface area contributed by atoms with Crippen molar-refractivity contribution in [1.82, 2.24) is 9.13 Å². The molecule has 0 saturated carbocycles. The van der Waals surface area contributed by atoms with E-state index in [4.69, 9.17) is 18.9 Å².